The maximum atomic E-state index is 12.5. The van der Waals surface area contributed by atoms with E-state index in [0.29, 0.717) is 16.8 Å². The van der Waals surface area contributed by atoms with Crippen LogP contribution in [0.2, 0.25) is 5.02 Å². The zero-order valence-corrected chi connectivity index (χ0v) is 18.6. The van der Waals surface area contributed by atoms with Crippen molar-refractivity contribution in [3.8, 4) is 5.75 Å². The van der Waals surface area contributed by atoms with Crippen LogP contribution in [-0.2, 0) is 18.4 Å². The normalized spacial score (nSPS) is 13.5. The van der Waals surface area contributed by atoms with Crippen molar-refractivity contribution in [2.24, 2.45) is 7.05 Å². The molecule has 2 heterocycles. The first kappa shape index (κ1) is 20.7. The fourth-order valence-corrected chi connectivity index (χ4v) is 4.18. The lowest BCUT2D eigenvalue weighted by atomic mass is 10.3. The van der Waals surface area contributed by atoms with Crippen LogP contribution < -0.4 is 10.1 Å². The fraction of sp³-hybridized carbons (Fsp3) is 0.400. The number of para-hydroxylation sites is 1. The highest BCUT2D eigenvalue weighted by molar-refractivity contribution is 7.99. The first-order valence-corrected chi connectivity index (χ1v) is 11.0. The number of halogens is 1. The Labute approximate surface area is 184 Å². The molecule has 1 N–H and O–H groups in total. The van der Waals surface area contributed by atoms with Gasteiger partial charge < -0.3 is 10.1 Å². The summed E-state index contributed by atoms with van der Waals surface area (Å²) in [4.78, 5) is 12.5. The number of aryl methyl sites for hydroxylation is 2. The molecule has 1 aliphatic carbocycles. The Kier molecular flexibility index (Phi) is 6.01. The Bertz CT molecular complexity index is 1080. The number of carbonyl (C=O) groups excluding carboxylic acids is 1. The van der Waals surface area contributed by atoms with E-state index < -0.39 is 0 Å². The Morgan fingerprint density at radius 1 is 1.30 bits per heavy atom. The summed E-state index contributed by atoms with van der Waals surface area (Å²) in [6.45, 7) is 4.08. The highest BCUT2D eigenvalue weighted by Crippen LogP contribution is 2.39. The molecule has 0 saturated heterocycles. The van der Waals surface area contributed by atoms with Gasteiger partial charge in [-0.15, -0.1) is 10.2 Å². The Balaban J connectivity index is 1.41. The molecule has 0 unspecified atom stereocenters. The molecule has 1 fully saturated rings. The molecule has 0 spiro atoms. The van der Waals surface area contributed by atoms with E-state index in [-0.39, 0.29) is 18.3 Å². The molecule has 4 rings (SSSR count). The molecule has 1 amide bonds. The summed E-state index contributed by atoms with van der Waals surface area (Å²) in [6, 6.07) is 7.70. The number of benzene rings is 1. The predicted molar refractivity (Wildman–Crippen MR) is 116 cm³/mol. The van der Waals surface area contributed by atoms with Gasteiger partial charge in [-0.2, -0.15) is 5.10 Å². The second-order valence-corrected chi connectivity index (χ2v) is 8.58. The van der Waals surface area contributed by atoms with E-state index in [1.165, 1.54) is 11.8 Å². The summed E-state index contributed by atoms with van der Waals surface area (Å²) >= 11 is 7.54. The number of carbonyl (C=O) groups is 1. The number of amides is 1. The topological polar surface area (TPSA) is 86.9 Å². The zero-order valence-electron chi connectivity index (χ0n) is 17.1. The van der Waals surface area contributed by atoms with E-state index >= 15 is 0 Å². The molecule has 8 nitrogen and oxygen atoms in total. The second kappa shape index (κ2) is 8.69. The van der Waals surface area contributed by atoms with Crippen molar-refractivity contribution in [3.63, 3.8) is 0 Å². The van der Waals surface area contributed by atoms with Crippen molar-refractivity contribution in [1.82, 2.24) is 24.5 Å². The first-order chi connectivity index (χ1) is 14.4. The number of thioether (sulfide) groups is 1. The molecule has 10 heteroatoms. The molecule has 3 aromatic rings. The minimum absolute atomic E-state index is 0.0987. The average Bonchev–Trinajstić information content (AvgIpc) is 3.44. The Morgan fingerprint density at radius 2 is 2.07 bits per heavy atom. The van der Waals surface area contributed by atoms with Gasteiger partial charge in [0.05, 0.1) is 27.9 Å². The van der Waals surface area contributed by atoms with Crippen molar-refractivity contribution in [2.75, 3.05) is 11.1 Å². The summed E-state index contributed by atoms with van der Waals surface area (Å²) < 4.78 is 9.67. The number of hydrogen-bond donors (Lipinski definition) is 1. The van der Waals surface area contributed by atoms with Crippen LogP contribution in [-0.4, -0.2) is 36.2 Å². The van der Waals surface area contributed by atoms with Crippen LogP contribution in [0.15, 0.2) is 29.4 Å². The third-order valence-electron chi connectivity index (χ3n) is 4.95. The second-order valence-electron chi connectivity index (χ2n) is 7.23. The minimum Gasteiger partial charge on any atom is -0.484 e. The molecule has 30 heavy (non-hydrogen) atoms. The maximum absolute atomic E-state index is 12.5. The van der Waals surface area contributed by atoms with E-state index in [0.717, 1.165) is 40.9 Å². The van der Waals surface area contributed by atoms with Gasteiger partial charge in [0.1, 0.15) is 12.4 Å². The molecular weight excluding hydrogens is 424 g/mol. The van der Waals surface area contributed by atoms with Gasteiger partial charge in [0, 0.05) is 13.1 Å². The summed E-state index contributed by atoms with van der Waals surface area (Å²) in [5, 5.41) is 17.2. The van der Waals surface area contributed by atoms with Crippen molar-refractivity contribution >= 4 is 35.0 Å². The van der Waals surface area contributed by atoms with Crippen LogP contribution in [0.1, 0.15) is 36.1 Å². The quantitative estimate of drug-likeness (QED) is 0.527. The number of rotatable bonds is 8. The number of anilines is 1. The van der Waals surface area contributed by atoms with Gasteiger partial charge in [-0.3, -0.25) is 14.0 Å². The van der Waals surface area contributed by atoms with Gasteiger partial charge in [0.15, 0.2) is 11.0 Å². The molecule has 0 radical (unpaired) electrons. The molecule has 0 atom stereocenters. The van der Waals surface area contributed by atoms with Gasteiger partial charge >= 0.3 is 0 Å². The number of aromatic nitrogens is 5. The fourth-order valence-electron chi connectivity index (χ4n) is 3.17. The van der Waals surface area contributed by atoms with Gasteiger partial charge in [0.25, 0.3) is 0 Å². The highest BCUT2D eigenvalue weighted by atomic mass is 35.5. The van der Waals surface area contributed by atoms with Crippen LogP contribution in [0.25, 0.3) is 0 Å². The molecule has 158 valence electrons. The number of nitrogens with zero attached hydrogens (tertiary/aromatic N) is 5. The average molecular weight is 447 g/mol. The first-order valence-electron chi connectivity index (χ1n) is 9.68. The lowest BCUT2D eigenvalue weighted by molar-refractivity contribution is -0.113. The number of hydrogen-bond acceptors (Lipinski definition) is 6. The molecule has 1 aromatic carbocycles. The largest absolute Gasteiger partial charge is 0.484 e. The standard InChI is InChI=1S/C20H23ClN6O2S/c1-12-19(13(2)26(3)25-12)22-18(28)11-30-20-24-23-17(27(20)14-8-9-14)10-29-16-7-5-4-6-15(16)21/h4-7,14H,8-11H2,1-3H3,(H,22,28). The highest BCUT2D eigenvalue weighted by Gasteiger charge is 2.30. The smallest absolute Gasteiger partial charge is 0.234 e. The van der Waals surface area contributed by atoms with Crippen molar-refractivity contribution in [2.45, 2.75) is 44.5 Å². The number of ether oxygens (including phenoxy) is 1. The molecule has 1 aliphatic rings. The summed E-state index contributed by atoms with van der Waals surface area (Å²) in [6.07, 6.45) is 2.15. The van der Waals surface area contributed by atoms with Crippen molar-refractivity contribution < 1.29 is 9.53 Å². The summed E-state index contributed by atoms with van der Waals surface area (Å²) in [5.74, 6) is 1.49. The molecule has 0 bridgehead atoms. The summed E-state index contributed by atoms with van der Waals surface area (Å²) in [7, 11) is 1.86. The monoisotopic (exact) mass is 446 g/mol. The lowest BCUT2D eigenvalue weighted by Crippen LogP contribution is -2.16. The third-order valence-corrected chi connectivity index (χ3v) is 6.20. The van der Waals surface area contributed by atoms with Crippen LogP contribution in [0, 0.1) is 13.8 Å². The van der Waals surface area contributed by atoms with Crippen LogP contribution in [0.3, 0.4) is 0 Å². The van der Waals surface area contributed by atoms with E-state index in [1.807, 2.05) is 39.1 Å². The molecule has 1 saturated carbocycles. The molecule has 2 aromatic heterocycles. The van der Waals surface area contributed by atoms with Crippen LogP contribution >= 0.6 is 23.4 Å². The number of nitrogens with one attached hydrogen (secondary N) is 1. The van der Waals surface area contributed by atoms with Gasteiger partial charge in [-0.1, -0.05) is 35.5 Å². The zero-order chi connectivity index (χ0) is 21.3. The third kappa shape index (κ3) is 4.46. The Morgan fingerprint density at radius 3 is 2.73 bits per heavy atom. The SMILES string of the molecule is Cc1nn(C)c(C)c1NC(=O)CSc1nnc(COc2ccccc2Cl)n1C1CC1. The predicted octanol–water partition coefficient (Wildman–Crippen LogP) is 3.93. The van der Waals surface area contributed by atoms with E-state index in [4.69, 9.17) is 16.3 Å². The maximum Gasteiger partial charge on any atom is 0.234 e. The van der Waals surface area contributed by atoms with Crippen LogP contribution in [0.4, 0.5) is 5.69 Å². The van der Waals surface area contributed by atoms with E-state index in [1.54, 1.807) is 10.7 Å². The van der Waals surface area contributed by atoms with Crippen molar-refractivity contribution in [1.29, 1.82) is 0 Å². The summed E-state index contributed by atoms with van der Waals surface area (Å²) in [5.41, 5.74) is 2.49. The van der Waals surface area contributed by atoms with Gasteiger partial charge in [-0.05, 0) is 38.8 Å². The molecular formula is C20H23ClN6O2S. The minimum atomic E-state index is -0.0987. The van der Waals surface area contributed by atoms with Gasteiger partial charge in [-0.25, -0.2) is 0 Å². The Hall–Kier alpha value is -2.52. The molecule has 0 aliphatic heterocycles. The van der Waals surface area contributed by atoms with Crippen LogP contribution in [0.5, 0.6) is 5.75 Å². The lowest BCUT2D eigenvalue weighted by Gasteiger charge is -2.11. The van der Waals surface area contributed by atoms with E-state index in [2.05, 4.69) is 25.2 Å². The van der Waals surface area contributed by atoms with E-state index in [9.17, 15) is 4.79 Å². The van der Waals surface area contributed by atoms with Gasteiger partial charge in [0.2, 0.25) is 5.91 Å². The van der Waals surface area contributed by atoms with Crippen molar-refractivity contribution in [3.05, 3.63) is 46.5 Å².